The van der Waals surface area contributed by atoms with E-state index >= 15 is 0 Å². The van der Waals surface area contributed by atoms with Crippen LogP contribution in [0.15, 0.2) is 12.2 Å². The minimum Gasteiger partial charge on any atom is -0.481 e. The molecule has 0 unspecified atom stereocenters. The van der Waals surface area contributed by atoms with E-state index in [4.69, 9.17) is 0 Å². The molecule has 0 aromatic rings. The van der Waals surface area contributed by atoms with Gasteiger partial charge in [0.25, 0.3) is 0 Å². The average molecular weight is 282 g/mol. The second kappa shape index (κ2) is 6.88. The highest BCUT2D eigenvalue weighted by Gasteiger charge is 2.34. The summed E-state index contributed by atoms with van der Waals surface area (Å²) in [5.74, 6) is -2.08. The SMILES string of the molecule is CN(C)CC(C)(C)CNC(=O)[C@@H]1CC=CC[C@@H]1C(=O)O. The Bertz CT molecular complexity index is 389. The van der Waals surface area contributed by atoms with Crippen LogP contribution in [0.3, 0.4) is 0 Å². The van der Waals surface area contributed by atoms with Crippen LogP contribution < -0.4 is 5.32 Å². The minimum absolute atomic E-state index is 0.0393. The Morgan fingerprint density at radius 2 is 1.80 bits per heavy atom. The molecule has 5 nitrogen and oxygen atoms in total. The predicted octanol–water partition coefficient (Wildman–Crippen LogP) is 1.36. The molecule has 0 spiro atoms. The van der Waals surface area contributed by atoms with Gasteiger partial charge in [-0.25, -0.2) is 0 Å². The van der Waals surface area contributed by atoms with Crippen molar-refractivity contribution < 1.29 is 14.7 Å². The molecule has 0 saturated heterocycles. The van der Waals surface area contributed by atoms with Gasteiger partial charge in [0.2, 0.25) is 5.91 Å². The van der Waals surface area contributed by atoms with E-state index in [0.717, 1.165) is 6.54 Å². The molecule has 5 heteroatoms. The molecular formula is C15H26N2O3. The second-order valence-corrected chi connectivity index (χ2v) is 6.61. The molecule has 0 aromatic heterocycles. The topological polar surface area (TPSA) is 69.6 Å². The normalized spacial score (nSPS) is 22.9. The van der Waals surface area contributed by atoms with Crippen LogP contribution in [0.25, 0.3) is 0 Å². The van der Waals surface area contributed by atoms with Crippen molar-refractivity contribution in [1.29, 1.82) is 0 Å². The van der Waals surface area contributed by atoms with Crippen LogP contribution in [-0.4, -0.2) is 49.1 Å². The molecule has 114 valence electrons. The molecule has 1 aliphatic rings. The molecular weight excluding hydrogens is 256 g/mol. The predicted molar refractivity (Wildman–Crippen MR) is 78.3 cm³/mol. The molecule has 1 amide bonds. The van der Waals surface area contributed by atoms with E-state index in [9.17, 15) is 14.7 Å². The summed E-state index contributed by atoms with van der Waals surface area (Å²) >= 11 is 0. The lowest BCUT2D eigenvalue weighted by atomic mass is 9.82. The van der Waals surface area contributed by atoms with Crippen LogP contribution in [-0.2, 0) is 9.59 Å². The fraction of sp³-hybridized carbons (Fsp3) is 0.733. The summed E-state index contributed by atoms with van der Waals surface area (Å²) in [6.45, 7) is 5.59. The summed E-state index contributed by atoms with van der Waals surface area (Å²) in [4.78, 5) is 25.5. The van der Waals surface area contributed by atoms with Crippen molar-refractivity contribution in [2.75, 3.05) is 27.2 Å². The first-order valence-corrected chi connectivity index (χ1v) is 7.03. The lowest BCUT2D eigenvalue weighted by Gasteiger charge is -2.30. The van der Waals surface area contributed by atoms with Crippen LogP contribution in [0.4, 0.5) is 0 Å². The lowest BCUT2D eigenvalue weighted by Crippen LogP contribution is -2.44. The number of carboxylic acids is 1. The Labute approximate surface area is 121 Å². The van der Waals surface area contributed by atoms with Crippen LogP contribution in [0.2, 0.25) is 0 Å². The van der Waals surface area contributed by atoms with Gasteiger partial charge in [-0.15, -0.1) is 0 Å². The maximum atomic E-state index is 12.2. The number of nitrogens with one attached hydrogen (secondary N) is 1. The van der Waals surface area contributed by atoms with Gasteiger partial charge in [-0.1, -0.05) is 26.0 Å². The zero-order chi connectivity index (χ0) is 15.3. The molecule has 0 aliphatic heterocycles. The first kappa shape index (κ1) is 16.7. The molecule has 0 radical (unpaired) electrons. The van der Waals surface area contributed by atoms with Gasteiger partial charge in [0.05, 0.1) is 11.8 Å². The van der Waals surface area contributed by atoms with Gasteiger partial charge in [-0.05, 0) is 32.4 Å². The Morgan fingerprint density at radius 3 is 2.30 bits per heavy atom. The molecule has 2 N–H and O–H groups in total. The Hall–Kier alpha value is -1.36. The Balaban J connectivity index is 2.57. The molecule has 0 bridgehead atoms. The van der Waals surface area contributed by atoms with E-state index in [0.29, 0.717) is 19.4 Å². The molecule has 0 fully saturated rings. The maximum Gasteiger partial charge on any atom is 0.307 e. The summed E-state index contributed by atoms with van der Waals surface area (Å²) in [5, 5.41) is 12.1. The molecule has 0 aromatic carbocycles. The summed E-state index contributed by atoms with van der Waals surface area (Å²) in [6.07, 6.45) is 4.69. The summed E-state index contributed by atoms with van der Waals surface area (Å²) < 4.78 is 0. The number of carboxylic acid groups (broad SMARTS) is 1. The van der Waals surface area contributed by atoms with E-state index in [1.54, 1.807) is 0 Å². The van der Waals surface area contributed by atoms with Crippen LogP contribution in [0.5, 0.6) is 0 Å². The number of carbonyl (C=O) groups is 2. The first-order chi connectivity index (χ1) is 9.23. The van der Waals surface area contributed by atoms with Crippen LogP contribution in [0, 0.1) is 17.3 Å². The molecule has 0 saturated carbocycles. The van der Waals surface area contributed by atoms with Crippen molar-refractivity contribution >= 4 is 11.9 Å². The highest BCUT2D eigenvalue weighted by molar-refractivity contribution is 5.85. The minimum atomic E-state index is -0.887. The molecule has 1 rings (SSSR count). The van der Waals surface area contributed by atoms with Crippen molar-refractivity contribution in [2.24, 2.45) is 17.3 Å². The Kier molecular flexibility index (Phi) is 5.74. The number of carbonyl (C=O) groups excluding carboxylic acids is 1. The third-order valence-corrected chi connectivity index (χ3v) is 3.57. The zero-order valence-electron chi connectivity index (χ0n) is 12.8. The van der Waals surface area contributed by atoms with Crippen molar-refractivity contribution in [3.05, 3.63) is 12.2 Å². The maximum absolute atomic E-state index is 12.2. The largest absolute Gasteiger partial charge is 0.481 e. The zero-order valence-corrected chi connectivity index (χ0v) is 12.8. The van der Waals surface area contributed by atoms with Gasteiger partial charge in [-0.2, -0.15) is 0 Å². The quantitative estimate of drug-likeness (QED) is 0.722. The van der Waals surface area contributed by atoms with E-state index < -0.39 is 17.8 Å². The lowest BCUT2D eigenvalue weighted by molar-refractivity contribution is -0.147. The Morgan fingerprint density at radius 1 is 1.25 bits per heavy atom. The number of nitrogens with zero attached hydrogens (tertiary/aromatic N) is 1. The van der Waals surface area contributed by atoms with E-state index in [1.807, 2.05) is 26.2 Å². The summed E-state index contributed by atoms with van der Waals surface area (Å²) in [6, 6.07) is 0. The van der Waals surface area contributed by atoms with Gasteiger partial charge in [0.15, 0.2) is 0 Å². The standard InChI is InChI=1S/C15H26N2O3/c1-15(2,10-17(3)4)9-16-13(18)11-7-5-6-8-12(11)14(19)20/h5-6,11-12H,7-10H2,1-4H3,(H,16,18)(H,19,20)/t11-,12+/m1/s1. The second-order valence-electron chi connectivity index (χ2n) is 6.61. The van der Waals surface area contributed by atoms with E-state index in [-0.39, 0.29) is 11.3 Å². The number of aliphatic carboxylic acids is 1. The van der Waals surface area contributed by atoms with E-state index in [1.165, 1.54) is 0 Å². The smallest absolute Gasteiger partial charge is 0.307 e. The van der Waals surface area contributed by atoms with Gasteiger partial charge >= 0.3 is 5.97 Å². The monoisotopic (exact) mass is 282 g/mol. The number of hydrogen-bond donors (Lipinski definition) is 2. The van der Waals surface area contributed by atoms with Crippen molar-refractivity contribution in [2.45, 2.75) is 26.7 Å². The van der Waals surface area contributed by atoms with Crippen molar-refractivity contribution in [1.82, 2.24) is 10.2 Å². The highest BCUT2D eigenvalue weighted by Crippen LogP contribution is 2.26. The van der Waals surface area contributed by atoms with Crippen LogP contribution in [0.1, 0.15) is 26.7 Å². The molecule has 20 heavy (non-hydrogen) atoms. The number of amides is 1. The fourth-order valence-corrected chi connectivity index (χ4v) is 2.75. The number of hydrogen-bond acceptors (Lipinski definition) is 3. The molecule has 2 atom stereocenters. The van der Waals surface area contributed by atoms with E-state index in [2.05, 4.69) is 24.1 Å². The van der Waals surface area contributed by atoms with Gasteiger partial charge in [0, 0.05) is 13.1 Å². The summed E-state index contributed by atoms with van der Waals surface area (Å²) in [7, 11) is 3.99. The first-order valence-electron chi connectivity index (χ1n) is 7.03. The third-order valence-electron chi connectivity index (χ3n) is 3.57. The third kappa shape index (κ3) is 4.96. The highest BCUT2D eigenvalue weighted by atomic mass is 16.4. The number of allylic oxidation sites excluding steroid dienone is 2. The van der Waals surface area contributed by atoms with Crippen molar-refractivity contribution in [3.63, 3.8) is 0 Å². The fourth-order valence-electron chi connectivity index (χ4n) is 2.75. The number of rotatable bonds is 6. The van der Waals surface area contributed by atoms with Crippen molar-refractivity contribution in [3.8, 4) is 0 Å². The van der Waals surface area contributed by atoms with Gasteiger partial charge in [-0.3, -0.25) is 9.59 Å². The average Bonchev–Trinajstić information content (AvgIpc) is 2.34. The molecule has 1 aliphatic carbocycles. The van der Waals surface area contributed by atoms with Gasteiger partial charge in [0.1, 0.15) is 0 Å². The van der Waals surface area contributed by atoms with Crippen LogP contribution >= 0.6 is 0 Å². The van der Waals surface area contributed by atoms with Gasteiger partial charge < -0.3 is 15.3 Å². The molecule has 0 heterocycles. The summed E-state index contributed by atoms with van der Waals surface area (Å²) in [5.41, 5.74) is -0.0393.